The van der Waals surface area contributed by atoms with Gasteiger partial charge in [0.15, 0.2) is 0 Å². The Kier molecular flexibility index (Phi) is 2.67. The van der Waals surface area contributed by atoms with Crippen LogP contribution in [0.25, 0.3) is 0 Å². The second-order valence-electron chi connectivity index (χ2n) is 3.53. The molecule has 5 nitrogen and oxygen atoms in total. The van der Waals surface area contributed by atoms with Gasteiger partial charge in [0.25, 0.3) is 0 Å². The van der Waals surface area contributed by atoms with Crippen LogP contribution in [0.5, 0.6) is 0 Å². The number of rotatable bonds is 2. The fraction of sp³-hybridized carbons (Fsp3) is 0.556. The van der Waals surface area contributed by atoms with Crippen molar-refractivity contribution in [3.63, 3.8) is 0 Å². The summed E-state index contributed by atoms with van der Waals surface area (Å²) < 4.78 is 0. The van der Waals surface area contributed by atoms with Crippen LogP contribution in [0.15, 0.2) is 0 Å². The Labute approximate surface area is 92.9 Å². The van der Waals surface area contributed by atoms with Crippen molar-refractivity contribution in [3.8, 4) is 0 Å². The number of hydrogen-bond acceptors (Lipinski definition) is 5. The Morgan fingerprint density at radius 2 is 2.33 bits per heavy atom. The zero-order valence-electron chi connectivity index (χ0n) is 8.44. The average Bonchev–Trinajstić information content (AvgIpc) is 2.55. The molecule has 0 aliphatic carbocycles. The van der Waals surface area contributed by atoms with E-state index in [1.807, 2.05) is 11.8 Å². The van der Waals surface area contributed by atoms with Crippen LogP contribution in [0, 0.1) is 0 Å². The normalized spacial score (nSPS) is 19.4. The predicted molar refractivity (Wildman–Crippen MR) is 59.2 cm³/mol. The third kappa shape index (κ3) is 1.61. The summed E-state index contributed by atoms with van der Waals surface area (Å²) >= 11 is 6.00. The standard InChI is InChI=1S/C9H13ClN4O/c1-2-14-3-5(4-15)6-7(10)12-9(11)13-8(6)14/h5,15H,2-4H2,1H3,(H2,11,12,13)/t5-/m0/s1. The van der Waals surface area contributed by atoms with Gasteiger partial charge in [-0.25, -0.2) is 4.98 Å². The van der Waals surface area contributed by atoms with Crippen LogP contribution in [0.1, 0.15) is 18.4 Å². The van der Waals surface area contributed by atoms with E-state index in [4.69, 9.17) is 17.3 Å². The largest absolute Gasteiger partial charge is 0.396 e. The quantitative estimate of drug-likeness (QED) is 0.727. The van der Waals surface area contributed by atoms with Gasteiger partial charge in [-0.2, -0.15) is 4.98 Å². The zero-order chi connectivity index (χ0) is 11.0. The predicted octanol–water partition coefficient (Wildman–Crippen LogP) is 0.628. The Bertz CT molecular complexity index is 385. The molecule has 0 saturated carbocycles. The van der Waals surface area contributed by atoms with Crippen LogP contribution in [-0.2, 0) is 0 Å². The van der Waals surface area contributed by atoms with Crippen LogP contribution in [0.3, 0.4) is 0 Å². The summed E-state index contributed by atoms with van der Waals surface area (Å²) in [4.78, 5) is 10.1. The summed E-state index contributed by atoms with van der Waals surface area (Å²) in [5, 5.41) is 9.60. The maximum absolute atomic E-state index is 9.25. The van der Waals surface area contributed by atoms with Crippen molar-refractivity contribution in [2.24, 2.45) is 0 Å². The Morgan fingerprint density at radius 1 is 1.60 bits per heavy atom. The number of aliphatic hydroxyl groups excluding tert-OH is 1. The fourth-order valence-corrected chi connectivity index (χ4v) is 2.24. The number of fused-ring (bicyclic) bond motifs is 1. The van der Waals surface area contributed by atoms with Crippen LogP contribution in [0.2, 0.25) is 5.15 Å². The molecular formula is C9H13ClN4O. The molecule has 0 amide bonds. The fourth-order valence-electron chi connectivity index (χ4n) is 1.91. The van der Waals surface area contributed by atoms with E-state index in [0.29, 0.717) is 5.15 Å². The van der Waals surface area contributed by atoms with Crippen LogP contribution in [-0.4, -0.2) is 34.8 Å². The first-order valence-corrected chi connectivity index (χ1v) is 5.23. The number of likely N-dealkylation sites (N-methyl/N-ethyl adjacent to an activating group) is 1. The Morgan fingerprint density at radius 3 is 2.93 bits per heavy atom. The number of nitrogen functional groups attached to an aromatic ring is 1. The van der Waals surface area contributed by atoms with E-state index in [1.165, 1.54) is 0 Å². The van der Waals surface area contributed by atoms with Crippen molar-refractivity contribution in [1.29, 1.82) is 0 Å². The molecule has 1 aromatic rings. The summed E-state index contributed by atoms with van der Waals surface area (Å²) in [7, 11) is 0. The first kappa shape index (κ1) is 10.4. The molecule has 0 radical (unpaired) electrons. The van der Waals surface area contributed by atoms with Gasteiger partial charge in [0, 0.05) is 24.6 Å². The molecule has 0 fully saturated rings. The molecule has 0 bridgehead atoms. The Balaban J connectivity index is 2.53. The van der Waals surface area contributed by atoms with Crippen molar-refractivity contribution in [2.45, 2.75) is 12.8 Å². The molecular weight excluding hydrogens is 216 g/mol. The molecule has 0 spiro atoms. The van der Waals surface area contributed by atoms with Crippen molar-refractivity contribution in [1.82, 2.24) is 9.97 Å². The summed E-state index contributed by atoms with van der Waals surface area (Å²) in [6.07, 6.45) is 0. The molecule has 0 saturated heterocycles. The van der Waals surface area contributed by atoms with Crippen molar-refractivity contribution < 1.29 is 5.11 Å². The van der Waals surface area contributed by atoms with Crippen molar-refractivity contribution in [3.05, 3.63) is 10.7 Å². The highest BCUT2D eigenvalue weighted by Crippen LogP contribution is 2.38. The van der Waals surface area contributed by atoms with Gasteiger partial charge in [0.1, 0.15) is 11.0 Å². The van der Waals surface area contributed by atoms with Crippen molar-refractivity contribution in [2.75, 3.05) is 30.3 Å². The first-order valence-electron chi connectivity index (χ1n) is 4.86. The molecule has 15 heavy (non-hydrogen) atoms. The third-order valence-electron chi connectivity index (χ3n) is 2.65. The maximum atomic E-state index is 9.25. The van der Waals surface area contributed by atoms with Crippen LogP contribution >= 0.6 is 11.6 Å². The molecule has 6 heteroatoms. The lowest BCUT2D eigenvalue weighted by atomic mass is 10.1. The first-order chi connectivity index (χ1) is 7.17. The van der Waals surface area contributed by atoms with E-state index in [9.17, 15) is 5.11 Å². The number of nitrogens with zero attached hydrogens (tertiary/aromatic N) is 3. The molecule has 1 aliphatic rings. The minimum absolute atomic E-state index is 0.00644. The number of hydrogen-bond donors (Lipinski definition) is 2. The highest BCUT2D eigenvalue weighted by atomic mass is 35.5. The molecule has 82 valence electrons. The van der Waals surface area contributed by atoms with E-state index < -0.39 is 0 Å². The third-order valence-corrected chi connectivity index (χ3v) is 2.94. The topological polar surface area (TPSA) is 75.3 Å². The molecule has 2 rings (SSSR count). The highest BCUT2D eigenvalue weighted by Gasteiger charge is 2.32. The van der Waals surface area contributed by atoms with Crippen LogP contribution < -0.4 is 10.6 Å². The monoisotopic (exact) mass is 228 g/mol. The number of aliphatic hydroxyl groups is 1. The second kappa shape index (κ2) is 3.83. The molecule has 1 aromatic heterocycles. The minimum atomic E-state index is -0.00644. The van der Waals surface area contributed by atoms with Crippen molar-refractivity contribution >= 4 is 23.4 Å². The van der Waals surface area contributed by atoms with E-state index in [2.05, 4.69) is 9.97 Å². The van der Waals surface area contributed by atoms with Gasteiger partial charge in [-0.3, -0.25) is 0 Å². The zero-order valence-corrected chi connectivity index (χ0v) is 9.20. The van der Waals surface area contributed by atoms with Gasteiger partial charge < -0.3 is 15.7 Å². The summed E-state index contributed by atoms with van der Waals surface area (Å²) in [5.74, 6) is 0.929. The molecule has 3 N–H and O–H groups in total. The van der Waals surface area contributed by atoms with Gasteiger partial charge >= 0.3 is 0 Å². The molecule has 0 aromatic carbocycles. The average molecular weight is 229 g/mol. The van der Waals surface area contributed by atoms with Gasteiger partial charge in [0.2, 0.25) is 5.95 Å². The number of halogens is 1. The number of anilines is 2. The lowest BCUT2D eigenvalue weighted by Gasteiger charge is -2.15. The van der Waals surface area contributed by atoms with Gasteiger partial charge in [-0.1, -0.05) is 11.6 Å². The molecule has 2 heterocycles. The summed E-state index contributed by atoms with van der Waals surface area (Å²) in [6, 6.07) is 0. The second-order valence-corrected chi connectivity index (χ2v) is 3.89. The number of nitrogens with two attached hydrogens (primary N) is 1. The number of aromatic nitrogens is 2. The van der Waals surface area contributed by atoms with Gasteiger partial charge in [0.05, 0.1) is 6.61 Å². The van der Waals surface area contributed by atoms with E-state index in [1.54, 1.807) is 0 Å². The molecule has 1 atom stereocenters. The molecule has 0 unspecified atom stereocenters. The van der Waals surface area contributed by atoms with E-state index in [-0.39, 0.29) is 18.5 Å². The molecule has 1 aliphatic heterocycles. The lowest BCUT2D eigenvalue weighted by Crippen LogP contribution is -2.22. The summed E-state index contributed by atoms with van der Waals surface area (Å²) in [5.41, 5.74) is 6.35. The lowest BCUT2D eigenvalue weighted by molar-refractivity contribution is 0.270. The van der Waals surface area contributed by atoms with Gasteiger partial charge in [-0.05, 0) is 6.92 Å². The minimum Gasteiger partial charge on any atom is -0.396 e. The SMILES string of the molecule is CCN1C[C@@H](CO)c2c(Cl)nc(N)nc21. The van der Waals surface area contributed by atoms with E-state index >= 15 is 0 Å². The van der Waals surface area contributed by atoms with Crippen LogP contribution in [0.4, 0.5) is 11.8 Å². The maximum Gasteiger partial charge on any atom is 0.223 e. The highest BCUT2D eigenvalue weighted by molar-refractivity contribution is 6.30. The van der Waals surface area contributed by atoms with Gasteiger partial charge in [-0.15, -0.1) is 0 Å². The Hall–Kier alpha value is -1.07. The summed E-state index contributed by atoms with van der Waals surface area (Å²) in [6.45, 7) is 3.61. The van der Waals surface area contributed by atoms with E-state index in [0.717, 1.165) is 24.5 Å². The smallest absolute Gasteiger partial charge is 0.223 e.